The van der Waals surface area contributed by atoms with Crippen molar-refractivity contribution in [2.75, 3.05) is 18.4 Å². The molecule has 1 aliphatic heterocycles. The van der Waals surface area contributed by atoms with Crippen molar-refractivity contribution in [1.82, 2.24) is 9.88 Å². The zero-order chi connectivity index (χ0) is 21.2. The van der Waals surface area contributed by atoms with Gasteiger partial charge in [0.1, 0.15) is 5.00 Å². The third-order valence-corrected chi connectivity index (χ3v) is 7.86. The highest BCUT2D eigenvalue weighted by atomic mass is 32.1. The summed E-state index contributed by atoms with van der Waals surface area (Å²) in [5, 5.41) is 4.18. The summed E-state index contributed by atoms with van der Waals surface area (Å²) in [6.07, 6.45) is 12.4. The van der Waals surface area contributed by atoms with Crippen LogP contribution in [0.1, 0.15) is 70.8 Å². The van der Waals surface area contributed by atoms with Gasteiger partial charge in [-0.05, 0) is 86.9 Å². The van der Waals surface area contributed by atoms with Crippen LogP contribution in [0.15, 0.2) is 47.3 Å². The molecule has 1 unspecified atom stereocenters. The van der Waals surface area contributed by atoms with E-state index in [-0.39, 0.29) is 11.9 Å². The van der Waals surface area contributed by atoms with Crippen LogP contribution in [0.4, 0.5) is 5.00 Å². The van der Waals surface area contributed by atoms with Gasteiger partial charge in [0.2, 0.25) is 0 Å². The zero-order valence-electron chi connectivity index (χ0n) is 18.0. The number of aryl methyl sites for hydroxylation is 1. The molecule has 4 heterocycles. The number of fused-ring (bicyclic) bond motifs is 1. The number of anilines is 1. The van der Waals surface area contributed by atoms with Crippen LogP contribution < -0.4 is 5.32 Å². The lowest BCUT2D eigenvalue weighted by Gasteiger charge is -2.38. The molecule has 3 aromatic heterocycles. The number of nitrogens with one attached hydrogen (secondary N) is 1. The number of furan rings is 1. The molecule has 0 spiro atoms. The van der Waals surface area contributed by atoms with Crippen LogP contribution in [0, 0.1) is 5.92 Å². The number of hydrogen-bond donors (Lipinski definition) is 1. The Morgan fingerprint density at radius 3 is 2.81 bits per heavy atom. The van der Waals surface area contributed by atoms with E-state index >= 15 is 0 Å². The fourth-order valence-electron chi connectivity index (χ4n) is 4.93. The van der Waals surface area contributed by atoms with Crippen LogP contribution >= 0.6 is 11.3 Å². The molecular weight excluding hydrogens is 406 g/mol. The molecule has 31 heavy (non-hydrogen) atoms. The average molecular weight is 436 g/mol. The second-order valence-corrected chi connectivity index (χ2v) is 9.90. The number of hydrogen-bond acceptors (Lipinski definition) is 5. The van der Waals surface area contributed by atoms with Crippen molar-refractivity contribution in [1.29, 1.82) is 0 Å². The van der Waals surface area contributed by atoms with Crippen molar-refractivity contribution in [3.05, 3.63) is 70.3 Å². The summed E-state index contributed by atoms with van der Waals surface area (Å²) in [4.78, 5) is 21.4. The van der Waals surface area contributed by atoms with Crippen molar-refractivity contribution < 1.29 is 9.21 Å². The van der Waals surface area contributed by atoms with Gasteiger partial charge < -0.3 is 9.73 Å². The quantitative estimate of drug-likeness (QED) is 0.559. The molecule has 1 amide bonds. The van der Waals surface area contributed by atoms with Crippen molar-refractivity contribution in [3.63, 3.8) is 0 Å². The highest BCUT2D eigenvalue weighted by molar-refractivity contribution is 7.16. The van der Waals surface area contributed by atoms with E-state index in [1.54, 1.807) is 29.7 Å². The highest BCUT2D eigenvalue weighted by Crippen LogP contribution is 2.46. The maximum absolute atomic E-state index is 12.9. The Morgan fingerprint density at radius 1 is 1.23 bits per heavy atom. The normalized spacial score (nSPS) is 18.5. The molecule has 5 rings (SSSR count). The first-order valence-corrected chi connectivity index (χ1v) is 12.2. The molecule has 162 valence electrons. The molecule has 1 fully saturated rings. The van der Waals surface area contributed by atoms with Crippen LogP contribution in [0.2, 0.25) is 0 Å². The minimum Gasteiger partial charge on any atom is -0.459 e. The second-order valence-electron chi connectivity index (χ2n) is 8.79. The van der Waals surface area contributed by atoms with E-state index in [0.717, 1.165) is 36.9 Å². The van der Waals surface area contributed by atoms with E-state index in [9.17, 15) is 4.79 Å². The summed E-state index contributed by atoms with van der Waals surface area (Å²) >= 11 is 1.75. The minimum atomic E-state index is -0.179. The number of pyridine rings is 1. The molecule has 3 aromatic rings. The van der Waals surface area contributed by atoms with Gasteiger partial charge in [0, 0.05) is 22.8 Å². The second kappa shape index (κ2) is 8.97. The molecule has 0 radical (unpaired) electrons. The van der Waals surface area contributed by atoms with Crippen molar-refractivity contribution >= 4 is 22.2 Å². The third kappa shape index (κ3) is 4.19. The van der Waals surface area contributed by atoms with Gasteiger partial charge in [-0.3, -0.25) is 14.7 Å². The van der Waals surface area contributed by atoms with Gasteiger partial charge in [-0.2, -0.15) is 0 Å². The van der Waals surface area contributed by atoms with Gasteiger partial charge in [0.25, 0.3) is 5.91 Å². The number of carbonyl (C=O) groups is 1. The van der Waals surface area contributed by atoms with Gasteiger partial charge in [0.05, 0.1) is 12.3 Å². The Morgan fingerprint density at radius 2 is 2.06 bits per heavy atom. The van der Waals surface area contributed by atoms with E-state index in [4.69, 9.17) is 4.42 Å². The summed E-state index contributed by atoms with van der Waals surface area (Å²) in [6.45, 7) is 4.48. The van der Waals surface area contributed by atoms with E-state index < -0.39 is 0 Å². The molecule has 1 atom stereocenters. The molecule has 0 bridgehead atoms. The number of piperidine rings is 1. The number of aromatic nitrogens is 1. The van der Waals surface area contributed by atoms with Gasteiger partial charge in [0.15, 0.2) is 5.76 Å². The maximum Gasteiger partial charge on any atom is 0.291 e. The van der Waals surface area contributed by atoms with Gasteiger partial charge in [-0.15, -0.1) is 11.3 Å². The van der Waals surface area contributed by atoms with Crippen LogP contribution in [-0.2, 0) is 12.8 Å². The molecule has 1 N–H and O–H groups in total. The SMILES string of the molecule is CC1CCN(C(c2cccnc2)c2c(NC(=O)c3ccco3)sc3c2CCCC3)CC1. The lowest BCUT2D eigenvalue weighted by Crippen LogP contribution is -2.37. The molecule has 1 aliphatic carbocycles. The predicted octanol–water partition coefficient (Wildman–Crippen LogP) is 5.69. The van der Waals surface area contributed by atoms with Crippen LogP contribution in [-0.4, -0.2) is 28.9 Å². The minimum absolute atomic E-state index is 0.117. The van der Waals surface area contributed by atoms with Gasteiger partial charge >= 0.3 is 0 Å². The number of amides is 1. The first-order chi connectivity index (χ1) is 15.2. The largest absolute Gasteiger partial charge is 0.459 e. The summed E-state index contributed by atoms with van der Waals surface area (Å²) in [6, 6.07) is 7.79. The standard InChI is InChI=1S/C25H29N3O2S/c1-17-10-13-28(14-11-17)23(18-6-4-12-26-16-18)22-19-7-2-3-9-21(19)31-25(22)27-24(29)20-8-5-15-30-20/h4-6,8,12,15-17,23H,2-3,7,9-11,13-14H2,1H3,(H,27,29). The Kier molecular flexibility index (Phi) is 5.92. The Labute approximate surface area is 187 Å². The molecular formula is C25H29N3O2S. The Bertz CT molecular complexity index is 1020. The fraction of sp³-hybridized carbons (Fsp3) is 0.440. The number of nitrogens with zero attached hydrogens (tertiary/aromatic N) is 2. The molecule has 2 aliphatic rings. The summed E-state index contributed by atoms with van der Waals surface area (Å²) in [5.74, 6) is 0.935. The van der Waals surface area contributed by atoms with E-state index in [0.29, 0.717) is 5.76 Å². The first-order valence-electron chi connectivity index (χ1n) is 11.3. The smallest absolute Gasteiger partial charge is 0.291 e. The fourth-order valence-corrected chi connectivity index (χ4v) is 6.25. The number of rotatable bonds is 5. The van der Waals surface area contributed by atoms with Gasteiger partial charge in [-0.25, -0.2) is 0 Å². The predicted molar refractivity (Wildman–Crippen MR) is 124 cm³/mol. The van der Waals surface area contributed by atoms with Crippen molar-refractivity contribution in [2.45, 2.75) is 51.5 Å². The molecule has 6 heteroatoms. The average Bonchev–Trinajstić information content (AvgIpc) is 3.45. The van der Waals surface area contributed by atoms with Gasteiger partial charge in [-0.1, -0.05) is 13.0 Å². The zero-order valence-corrected chi connectivity index (χ0v) is 18.8. The molecule has 1 saturated heterocycles. The van der Waals surface area contributed by atoms with E-state index in [2.05, 4.69) is 28.2 Å². The Balaban J connectivity index is 1.59. The van der Waals surface area contributed by atoms with E-state index in [1.165, 1.54) is 47.3 Å². The van der Waals surface area contributed by atoms with Crippen LogP contribution in [0.5, 0.6) is 0 Å². The lowest BCUT2D eigenvalue weighted by molar-refractivity contribution is 0.0996. The van der Waals surface area contributed by atoms with Crippen LogP contribution in [0.3, 0.4) is 0 Å². The van der Waals surface area contributed by atoms with Crippen LogP contribution in [0.25, 0.3) is 0 Å². The number of carbonyl (C=O) groups excluding carboxylic acids is 1. The topological polar surface area (TPSA) is 58.4 Å². The molecule has 0 aromatic carbocycles. The number of thiophene rings is 1. The first kappa shape index (κ1) is 20.5. The van der Waals surface area contributed by atoms with Crippen molar-refractivity contribution in [2.24, 2.45) is 5.92 Å². The van der Waals surface area contributed by atoms with Crippen molar-refractivity contribution in [3.8, 4) is 0 Å². The van der Waals surface area contributed by atoms with E-state index in [1.807, 2.05) is 18.5 Å². The third-order valence-electron chi connectivity index (χ3n) is 6.64. The summed E-state index contributed by atoms with van der Waals surface area (Å²) in [7, 11) is 0. The lowest BCUT2D eigenvalue weighted by atomic mass is 9.87. The molecule has 5 nitrogen and oxygen atoms in total. The summed E-state index contributed by atoms with van der Waals surface area (Å²) in [5.41, 5.74) is 3.93. The Hall–Kier alpha value is -2.44. The highest BCUT2D eigenvalue weighted by Gasteiger charge is 2.33. The summed E-state index contributed by atoms with van der Waals surface area (Å²) < 4.78 is 5.35. The number of likely N-dealkylation sites (tertiary alicyclic amines) is 1. The molecule has 0 saturated carbocycles. The maximum atomic E-state index is 12.9. The monoisotopic (exact) mass is 435 g/mol.